The number of hydrogen-bond acceptors (Lipinski definition) is 1. The molecule has 1 heterocycles. The maximum atomic E-state index is 12.3. The van der Waals surface area contributed by atoms with E-state index in [0.717, 1.165) is 11.8 Å². The molecule has 0 unspecified atom stereocenters. The highest BCUT2D eigenvalue weighted by molar-refractivity contribution is 5.58. The number of hydrogen-bond donors (Lipinski definition) is 0. The van der Waals surface area contributed by atoms with Gasteiger partial charge in [0.1, 0.15) is 0 Å². The van der Waals surface area contributed by atoms with Crippen molar-refractivity contribution in [2.45, 2.75) is 13.2 Å². The second kappa shape index (κ2) is 3.66. The van der Waals surface area contributed by atoms with Gasteiger partial charge < -0.3 is 0 Å². The predicted molar refractivity (Wildman–Crippen MR) is 53.7 cm³/mol. The van der Waals surface area contributed by atoms with Crippen LogP contribution in [0.25, 0.3) is 11.3 Å². The first-order chi connectivity index (χ1) is 7.47. The van der Waals surface area contributed by atoms with Gasteiger partial charge in [-0.2, -0.15) is 9.78 Å². The zero-order chi connectivity index (χ0) is 11.8. The maximum absolute atomic E-state index is 12.3. The minimum absolute atomic E-state index is 0.00217. The molecule has 0 N–H and O–H groups in total. The van der Waals surface area contributed by atoms with Crippen LogP contribution in [0.4, 0.5) is 13.2 Å². The number of aryl methyl sites for hydroxylation is 1. The Morgan fingerprint density at radius 1 is 1.06 bits per heavy atom. The molecule has 0 radical (unpaired) electrons. The van der Waals surface area contributed by atoms with Gasteiger partial charge in [0.15, 0.2) is 0 Å². The summed E-state index contributed by atoms with van der Waals surface area (Å²) in [7, 11) is 0. The molecule has 0 aliphatic rings. The van der Waals surface area contributed by atoms with Crippen LogP contribution in [0.15, 0.2) is 36.5 Å². The maximum Gasteiger partial charge on any atom is 0.504 e. The van der Waals surface area contributed by atoms with Crippen LogP contribution in [-0.4, -0.2) is 9.78 Å². The summed E-state index contributed by atoms with van der Waals surface area (Å²) < 4.78 is 36.8. The summed E-state index contributed by atoms with van der Waals surface area (Å²) in [5.41, 5.74) is 2.05. The first-order valence-electron chi connectivity index (χ1n) is 4.67. The lowest BCUT2D eigenvalue weighted by Gasteiger charge is -2.04. The number of nitrogens with zero attached hydrogens (tertiary/aromatic N) is 2. The van der Waals surface area contributed by atoms with Crippen LogP contribution in [0.2, 0.25) is 0 Å². The summed E-state index contributed by atoms with van der Waals surface area (Å²) in [6.45, 7) is 1.91. The number of benzene rings is 1. The largest absolute Gasteiger partial charge is 0.504 e. The monoisotopic (exact) mass is 226 g/mol. The van der Waals surface area contributed by atoms with E-state index in [1.54, 1.807) is 12.1 Å². The molecule has 0 fully saturated rings. The molecule has 2 aromatic rings. The first-order valence-corrected chi connectivity index (χ1v) is 4.67. The molecule has 5 heteroatoms. The molecular weight excluding hydrogens is 217 g/mol. The zero-order valence-electron chi connectivity index (χ0n) is 8.49. The minimum atomic E-state index is -4.46. The van der Waals surface area contributed by atoms with Crippen LogP contribution >= 0.6 is 0 Å². The van der Waals surface area contributed by atoms with Gasteiger partial charge in [-0.25, -0.2) is 0 Å². The number of halogens is 3. The summed E-state index contributed by atoms with van der Waals surface area (Å²) in [4.78, 5) is 0. The van der Waals surface area contributed by atoms with Gasteiger partial charge in [-0.05, 0) is 13.0 Å². The minimum Gasteiger partial charge on any atom is -0.178 e. The van der Waals surface area contributed by atoms with Crippen LogP contribution < -0.4 is 0 Å². The molecule has 0 bridgehead atoms. The van der Waals surface area contributed by atoms with E-state index in [0.29, 0.717) is 11.3 Å². The van der Waals surface area contributed by atoms with Crippen molar-refractivity contribution in [3.63, 3.8) is 0 Å². The molecular formula is C11H9F3N2. The van der Waals surface area contributed by atoms with E-state index < -0.39 is 6.30 Å². The van der Waals surface area contributed by atoms with Crippen LogP contribution in [0.3, 0.4) is 0 Å². The molecule has 0 aliphatic carbocycles. The van der Waals surface area contributed by atoms with E-state index in [9.17, 15) is 13.2 Å². The van der Waals surface area contributed by atoms with Crippen molar-refractivity contribution in [2.75, 3.05) is 0 Å². The summed E-state index contributed by atoms with van der Waals surface area (Å²) in [5, 5.41) is 3.47. The molecule has 2 rings (SSSR count). The van der Waals surface area contributed by atoms with Crippen LogP contribution in [0, 0.1) is 6.92 Å². The van der Waals surface area contributed by atoms with Crippen LogP contribution in [-0.2, 0) is 6.30 Å². The molecule has 0 amide bonds. The molecule has 0 spiro atoms. The standard InChI is InChI=1S/C11H9F3N2/c1-8-2-4-9(5-3-8)10-6-7-16(15-10)11(12,13)14/h2-7H,1H3. The number of alkyl halides is 3. The number of aromatic nitrogens is 2. The van der Waals surface area contributed by atoms with Gasteiger partial charge in [-0.1, -0.05) is 29.8 Å². The van der Waals surface area contributed by atoms with Crippen LogP contribution in [0.1, 0.15) is 5.56 Å². The molecule has 2 nitrogen and oxygen atoms in total. The smallest absolute Gasteiger partial charge is 0.178 e. The Morgan fingerprint density at radius 2 is 1.69 bits per heavy atom. The predicted octanol–water partition coefficient (Wildman–Crippen LogP) is 3.33. The van der Waals surface area contributed by atoms with E-state index >= 15 is 0 Å². The first kappa shape index (κ1) is 10.7. The highest BCUT2D eigenvalue weighted by atomic mass is 19.4. The fraction of sp³-hybridized carbons (Fsp3) is 0.182. The van der Waals surface area contributed by atoms with Crippen molar-refractivity contribution in [3.8, 4) is 11.3 Å². The fourth-order valence-corrected chi connectivity index (χ4v) is 1.34. The lowest BCUT2D eigenvalue weighted by Crippen LogP contribution is -2.16. The van der Waals surface area contributed by atoms with E-state index in [-0.39, 0.29) is 4.68 Å². The van der Waals surface area contributed by atoms with Crippen LogP contribution in [0.5, 0.6) is 0 Å². The Hall–Kier alpha value is -1.78. The third-order valence-corrected chi connectivity index (χ3v) is 2.20. The van der Waals surface area contributed by atoms with Crippen molar-refractivity contribution >= 4 is 0 Å². The molecule has 1 aromatic heterocycles. The SMILES string of the molecule is Cc1ccc(-c2ccn(C(F)(F)F)n2)cc1. The Morgan fingerprint density at radius 3 is 2.19 bits per heavy atom. The highest BCUT2D eigenvalue weighted by Gasteiger charge is 2.31. The average molecular weight is 226 g/mol. The van der Waals surface area contributed by atoms with Crippen molar-refractivity contribution in [2.24, 2.45) is 0 Å². The fourth-order valence-electron chi connectivity index (χ4n) is 1.34. The topological polar surface area (TPSA) is 17.8 Å². The van der Waals surface area contributed by atoms with E-state index in [1.165, 1.54) is 6.07 Å². The highest BCUT2D eigenvalue weighted by Crippen LogP contribution is 2.24. The third kappa shape index (κ3) is 2.08. The number of rotatable bonds is 1. The second-order valence-corrected chi connectivity index (χ2v) is 3.48. The van der Waals surface area contributed by atoms with Gasteiger partial charge in [0, 0.05) is 11.8 Å². The zero-order valence-corrected chi connectivity index (χ0v) is 8.49. The van der Waals surface area contributed by atoms with E-state index in [4.69, 9.17) is 0 Å². The van der Waals surface area contributed by atoms with Gasteiger partial charge >= 0.3 is 6.30 Å². The van der Waals surface area contributed by atoms with Gasteiger partial charge in [0.05, 0.1) is 5.69 Å². The lowest BCUT2D eigenvalue weighted by atomic mass is 10.1. The molecule has 0 saturated heterocycles. The summed E-state index contributed by atoms with van der Waals surface area (Å²) in [5.74, 6) is 0. The Labute approximate surface area is 90.3 Å². The third-order valence-electron chi connectivity index (χ3n) is 2.20. The Bertz CT molecular complexity index is 483. The average Bonchev–Trinajstić information content (AvgIpc) is 2.67. The Kier molecular flexibility index (Phi) is 2.46. The van der Waals surface area contributed by atoms with E-state index in [1.807, 2.05) is 19.1 Å². The molecule has 0 saturated carbocycles. The molecule has 1 aromatic carbocycles. The van der Waals surface area contributed by atoms with Crippen molar-refractivity contribution in [1.29, 1.82) is 0 Å². The molecule has 84 valence electrons. The quantitative estimate of drug-likeness (QED) is 0.729. The molecule has 16 heavy (non-hydrogen) atoms. The molecule has 0 atom stereocenters. The van der Waals surface area contributed by atoms with Crippen molar-refractivity contribution < 1.29 is 13.2 Å². The summed E-state index contributed by atoms with van der Waals surface area (Å²) in [6, 6.07) is 8.51. The second-order valence-electron chi connectivity index (χ2n) is 3.48. The normalized spacial score (nSPS) is 11.8. The van der Waals surface area contributed by atoms with Gasteiger partial charge in [0.2, 0.25) is 0 Å². The van der Waals surface area contributed by atoms with Gasteiger partial charge in [-0.15, -0.1) is 13.2 Å². The van der Waals surface area contributed by atoms with Gasteiger partial charge in [0.25, 0.3) is 0 Å². The van der Waals surface area contributed by atoms with Gasteiger partial charge in [-0.3, -0.25) is 0 Å². The summed E-state index contributed by atoms with van der Waals surface area (Å²) in [6.07, 6.45) is -3.54. The Balaban J connectivity index is 2.35. The summed E-state index contributed by atoms with van der Waals surface area (Å²) >= 11 is 0. The lowest BCUT2D eigenvalue weighted by molar-refractivity contribution is -0.212. The van der Waals surface area contributed by atoms with Crippen molar-refractivity contribution in [3.05, 3.63) is 42.1 Å². The van der Waals surface area contributed by atoms with E-state index in [2.05, 4.69) is 5.10 Å². The van der Waals surface area contributed by atoms with Crippen molar-refractivity contribution in [1.82, 2.24) is 9.78 Å². The molecule has 0 aliphatic heterocycles.